The Labute approximate surface area is 195 Å². The van der Waals surface area contributed by atoms with Gasteiger partial charge in [0, 0.05) is 21.3 Å². The van der Waals surface area contributed by atoms with Gasteiger partial charge in [0.1, 0.15) is 5.78 Å². The molecule has 0 spiro atoms. The first-order chi connectivity index (χ1) is 15.0. The fourth-order valence-electron chi connectivity index (χ4n) is 4.74. The quantitative estimate of drug-likeness (QED) is 0.493. The van der Waals surface area contributed by atoms with Gasteiger partial charge in [-0.1, -0.05) is 43.1 Å². The van der Waals surface area contributed by atoms with Crippen molar-refractivity contribution in [3.63, 3.8) is 0 Å². The third kappa shape index (κ3) is 3.78. The molecule has 0 bridgehead atoms. The fourth-order valence-corrected chi connectivity index (χ4v) is 5.26. The summed E-state index contributed by atoms with van der Waals surface area (Å²) < 4.78 is 0. The van der Waals surface area contributed by atoms with E-state index in [1.165, 1.54) is 19.1 Å². The van der Waals surface area contributed by atoms with Gasteiger partial charge < -0.3 is 15.7 Å². The van der Waals surface area contributed by atoms with E-state index in [1.54, 1.807) is 24.3 Å². The minimum absolute atomic E-state index is 0.117. The molecule has 0 saturated carbocycles. The van der Waals surface area contributed by atoms with Gasteiger partial charge in [0.05, 0.1) is 28.9 Å². The molecule has 0 saturated heterocycles. The lowest BCUT2D eigenvalue weighted by atomic mass is 9.64. The van der Waals surface area contributed by atoms with Crippen LogP contribution in [0.2, 0.25) is 10.0 Å². The number of allylic oxidation sites excluding steroid dienone is 1. The largest absolute Gasteiger partial charge is 0.478 e. The highest BCUT2D eigenvalue weighted by molar-refractivity contribution is 6.35. The number of carbonyl (C=O) groups excluding carboxylic acids is 2. The van der Waals surface area contributed by atoms with Gasteiger partial charge in [0.15, 0.2) is 5.78 Å². The van der Waals surface area contributed by atoms with Crippen LogP contribution < -0.4 is 10.6 Å². The Bertz CT molecular complexity index is 1200. The SMILES string of the molecule is CC(=O)C1C(=O)C2=C(CC1(C)C)Nc1cc(C(=O)O)ccc1NC2c1ccc(Cl)cc1Cl. The van der Waals surface area contributed by atoms with Crippen molar-refractivity contribution in [1.82, 2.24) is 0 Å². The first kappa shape index (κ1) is 22.4. The summed E-state index contributed by atoms with van der Waals surface area (Å²) in [6.07, 6.45) is 0.429. The van der Waals surface area contributed by atoms with Crippen molar-refractivity contribution < 1.29 is 19.5 Å². The topological polar surface area (TPSA) is 95.5 Å². The number of halogens is 2. The van der Waals surface area contributed by atoms with Crippen molar-refractivity contribution >= 4 is 52.1 Å². The first-order valence-corrected chi connectivity index (χ1v) is 10.9. The zero-order chi connectivity index (χ0) is 23.4. The molecule has 166 valence electrons. The number of nitrogens with one attached hydrogen (secondary N) is 2. The maximum absolute atomic E-state index is 13.7. The highest BCUT2D eigenvalue weighted by atomic mass is 35.5. The smallest absolute Gasteiger partial charge is 0.335 e. The number of fused-ring (bicyclic) bond motifs is 1. The van der Waals surface area contributed by atoms with Crippen LogP contribution in [-0.2, 0) is 9.59 Å². The van der Waals surface area contributed by atoms with E-state index in [4.69, 9.17) is 23.2 Å². The summed E-state index contributed by atoms with van der Waals surface area (Å²) in [6.45, 7) is 5.21. The third-order valence-electron chi connectivity index (χ3n) is 6.09. The van der Waals surface area contributed by atoms with E-state index in [1.807, 2.05) is 13.8 Å². The lowest BCUT2D eigenvalue weighted by Crippen LogP contribution is -2.43. The van der Waals surface area contributed by atoms with E-state index >= 15 is 0 Å². The molecule has 2 aromatic carbocycles. The lowest BCUT2D eigenvalue weighted by Gasteiger charge is -2.39. The van der Waals surface area contributed by atoms with E-state index in [0.29, 0.717) is 44.7 Å². The summed E-state index contributed by atoms with van der Waals surface area (Å²) in [6, 6.07) is 9.06. The van der Waals surface area contributed by atoms with Crippen molar-refractivity contribution in [2.75, 3.05) is 10.6 Å². The molecule has 2 unspecified atom stereocenters. The molecule has 0 radical (unpaired) electrons. The highest BCUT2D eigenvalue weighted by Gasteiger charge is 2.48. The second-order valence-corrected chi connectivity index (χ2v) is 9.74. The van der Waals surface area contributed by atoms with Crippen LogP contribution in [0.1, 0.15) is 49.2 Å². The van der Waals surface area contributed by atoms with Crippen LogP contribution in [0.15, 0.2) is 47.7 Å². The van der Waals surface area contributed by atoms with Gasteiger partial charge in [-0.2, -0.15) is 0 Å². The molecule has 32 heavy (non-hydrogen) atoms. The average Bonchev–Trinajstić information content (AvgIpc) is 2.82. The molecule has 1 aliphatic carbocycles. The second kappa shape index (κ2) is 7.94. The molecule has 2 atom stereocenters. The first-order valence-electron chi connectivity index (χ1n) is 10.1. The van der Waals surface area contributed by atoms with Crippen LogP contribution >= 0.6 is 23.2 Å². The molecule has 0 fully saturated rings. The van der Waals surface area contributed by atoms with Gasteiger partial charge >= 0.3 is 5.97 Å². The van der Waals surface area contributed by atoms with Crippen molar-refractivity contribution in [2.45, 2.75) is 33.2 Å². The van der Waals surface area contributed by atoms with Gasteiger partial charge in [-0.25, -0.2) is 4.79 Å². The van der Waals surface area contributed by atoms with E-state index in [9.17, 15) is 19.5 Å². The van der Waals surface area contributed by atoms with Crippen LogP contribution in [-0.4, -0.2) is 22.6 Å². The maximum Gasteiger partial charge on any atom is 0.335 e. The van der Waals surface area contributed by atoms with Gasteiger partial charge in [-0.15, -0.1) is 0 Å². The summed E-state index contributed by atoms with van der Waals surface area (Å²) in [4.78, 5) is 37.7. The lowest BCUT2D eigenvalue weighted by molar-refractivity contribution is -0.135. The van der Waals surface area contributed by atoms with Crippen LogP contribution in [0.4, 0.5) is 11.4 Å². The molecule has 2 aromatic rings. The molecule has 6 nitrogen and oxygen atoms in total. The normalized spacial score (nSPS) is 21.6. The van der Waals surface area contributed by atoms with Crippen molar-refractivity contribution in [2.24, 2.45) is 11.3 Å². The minimum atomic E-state index is -1.05. The molecule has 0 amide bonds. The predicted molar refractivity (Wildman–Crippen MR) is 124 cm³/mol. The van der Waals surface area contributed by atoms with E-state index in [-0.39, 0.29) is 17.1 Å². The summed E-state index contributed by atoms with van der Waals surface area (Å²) in [5.74, 6) is -2.32. The number of carbonyl (C=O) groups is 3. The molecular weight excluding hydrogens is 451 g/mol. The predicted octanol–water partition coefficient (Wildman–Crippen LogP) is 5.73. The van der Waals surface area contributed by atoms with Crippen molar-refractivity contribution in [3.8, 4) is 0 Å². The Morgan fingerprint density at radius 2 is 1.81 bits per heavy atom. The van der Waals surface area contributed by atoms with Gasteiger partial charge in [0.25, 0.3) is 0 Å². The Balaban J connectivity index is 1.95. The summed E-state index contributed by atoms with van der Waals surface area (Å²) in [5.41, 5.74) is 2.35. The summed E-state index contributed by atoms with van der Waals surface area (Å²) in [7, 11) is 0. The molecule has 2 aliphatic rings. The Morgan fingerprint density at radius 3 is 2.44 bits per heavy atom. The molecule has 1 aliphatic heterocycles. The van der Waals surface area contributed by atoms with Gasteiger partial charge in [-0.3, -0.25) is 9.59 Å². The van der Waals surface area contributed by atoms with Crippen LogP contribution in [0, 0.1) is 11.3 Å². The van der Waals surface area contributed by atoms with E-state index in [0.717, 1.165) is 0 Å². The van der Waals surface area contributed by atoms with Gasteiger partial charge in [-0.05, 0) is 54.7 Å². The number of ketones is 2. The molecule has 4 rings (SSSR count). The van der Waals surface area contributed by atoms with Crippen molar-refractivity contribution in [3.05, 3.63) is 68.8 Å². The van der Waals surface area contributed by atoms with E-state index in [2.05, 4.69) is 10.6 Å². The third-order valence-corrected chi connectivity index (χ3v) is 6.65. The zero-order valence-electron chi connectivity index (χ0n) is 17.8. The second-order valence-electron chi connectivity index (χ2n) is 8.90. The number of aromatic carboxylic acids is 1. The monoisotopic (exact) mass is 472 g/mol. The Morgan fingerprint density at radius 1 is 1.09 bits per heavy atom. The number of anilines is 2. The Kier molecular flexibility index (Phi) is 5.55. The zero-order valence-corrected chi connectivity index (χ0v) is 19.3. The van der Waals surface area contributed by atoms with Crippen LogP contribution in [0.3, 0.4) is 0 Å². The molecule has 3 N–H and O–H groups in total. The van der Waals surface area contributed by atoms with Crippen LogP contribution in [0.5, 0.6) is 0 Å². The van der Waals surface area contributed by atoms with Crippen molar-refractivity contribution in [1.29, 1.82) is 0 Å². The number of rotatable bonds is 3. The molecule has 0 aromatic heterocycles. The number of carboxylic acid groups (broad SMARTS) is 1. The number of hydrogen-bond donors (Lipinski definition) is 3. The molecule has 8 heteroatoms. The minimum Gasteiger partial charge on any atom is -0.478 e. The molecular formula is C24H22Cl2N2O4. The Hall–Kier alpha value is -2.83. The molecule has 1 heterocycles. The maximum atomic E-state index is 13.7. The summed E-state index contributed by atoms with van der Waals surface area (Å²) >= 11 is 12.6. The average molecular weight is 473 g/mol. The number of carboxylic acids is 1. The van der Waals surface area contributed by atoms with Gasteiger partial charge in [0.2, 0.25) is 0 Å². The number of benzene rings is 2. The standard InChI is InChI=1S/C24H22Cl2N2O4/c1-11(29)20-22(30)19-18(10-24(20,2)3)27-17-8-12(23(31)32)4-7-16(17)28-21(19)14-6-5-13(25)9-15(14)26/h4-9,20-21,27-28H,10H2,1-3H3,(H,31,32). The number of hydrogen-bond acceptors (Lipinski definition) is 5. The fraction of sp³-hybridized carbons (Fsp3) is 0.292. The number of Topliss-reactive ketones (excluding diaryl/α,β-unsaturated/α-hetero) is 2. The summed E-state index contributed by atoms with van der Waals surface area (Å²) in [5, 5.41) is 16.9. The highest BCUT2D eigenvalue weighted by Crippen LogP contribution is 2.49. The van der Waals surface area contributed by atoms with E-state index < -0.39 is 23.3 Å². The van der Waals surface area contributed by atoms with Crippen LogP contribution in [0.25, 0.3) is 0 Å².